The molecule has 0 bridgehead atoms. The number of hydrogen-bond acceptors (Lipinski definition) is 6. The van der Waals surface area contributed by atoms with Crippen LogP contribution in [0.25, 0.3) is 0 Å². The molecule has 1 heterocycles. The molecule has 0 unspecified atom stereocenters. The van der Waals surface area contributed by atoms with Gasteiger partial charge in [-0.3, -0.25) is 4.79 Å². The molecule has 1 amide bonds. The summed E-state index contributed by atoms with van der Waals surface area (Å²) in [5, 5.41) is 2.72. The minimum Gasteiger partial charge on any atom is -0.496 e. The lowest BCUT2D eigenvalue weighted by molar-refractivity contribution is -0.124. The van der Waals surface area contributed by atoms with Gasteiger partial charge in [0.15, 0.2) is 18.1 Å². The zero-order chi connectivity index (χ0) is 19.1. The van der Waals surface area contributed by atoms with E-state index in [4.69, 9.17) is 18.9 Å². The summed E-state index contributed by atoms with van der Waals surface area (Å²) < 4.78 is 21.2. The van der Waals surface area contributed by atoms with E-state index in [1.165, 1.54) is 0 Å². The molecule has 0 saturated heterocycles. The van der Waals surface area contributed by atoms with E-state index in [1.54, 1.807) is 25.3 Å². The van der Waals surface area contributed by atoms with Crippen molar-refractivity contribution in [2.24, 2.45) is 0 Å². The van der Waals surface area contributed by atoms with Crippen LogP contribution in [0, 0.1) is 0 Å². The first-order valence-electron chi connectivity index (χ1n) is 8.63. The normalized spacial score (nSPS) is 12.2. The van der Waals surface area contributed by atoms with Crippen LogP contribution < -0.4 is 19.5 Å². The van der Waals surface area contributed by atoms with Crippen molar-refractivity contribution in [1.82, 2.24) is 5.32 Å². The standard InChI is InChI=1S/C20H21NO6/c1-24-16-5-3-2-4-14(16)8-9-21-19(22)13-27-20(23)15-6-7-17-18(12-15)26-11-10-25-17/h2-7,12H,8-11,13H2,1H3,(H,21,22). The molecular formula is C20H21NO6. The van der Waals surface area contributed by atoms with Gasteiger partial charge in [0.2, 0.25) is 0 Å². The van der Waals surface area contributed by atoms with E-state index < -0.39 is 5.97 Å². The van der Waals surface area contributed by atoms with Gasteiger partial charge in [-0.05, 0) is 36.2 Å². The monoisotopic (exact) mass is 371 g/mol. The van der Waals surface area contributed by atoms with Gasteiger partial charge in [0.05, 0.1) is 12.7 Å². The second-order valence-corrected chi connectivity index (χ2v) is 5.85. The number of carbonyl (C=O) groups is 2. The lowest BCUT2D eigenvalue weighted by Gasteiger charge is -2.18. The molecule has 0 saturated carbocycles. The number of ether oxygens (including phenoxy) is 4. The van der Waals surface area contributed by atoms with Crippen molar-refractivity contribution in [3.8, 4) is 17.2 Å². The molecule has 3 rings (SSSR count). The maximum Gasteiger partial charge on any atom is 0.338 e. The average molecular weight is 371 g/mol. The molecule has 0 aliphatic carbocycles. The first-order valence-corrected chi connectivity index (χ1v) is 8.63. The molecule has 0 spiro atoms. The maximum absolute atomic E-state index is 12.1. The van der Waals surface area contributed by atoms with Crippen LogP contribution in [-0.2, 0) is 16.0 Å². The van der Waals surface area contributed by atoms with Crippen LogP contribution in [0.4, 0.5) is 0 Å². The largest absolute Gasteiger partial charge is 0.496 e. The Bertz CT molecular complexity index is 820. The minimum absolute atomic E-state index is 0.307. The fourth-order valence-electron chi connectivity index (χ4n) is 2.68. The first kappa shape index (κ1) is 18.6. The lowest BCUT2D eigenvalue weighted by Crippen LogP contribution is -2.30. The summed E-state index contributed by atoms with van der Waals surface area (Å²) in [6, 6.07) is 12.4. The van der Waals surface area contributed by atoms with Gasteiger partial charge in [-0.2, -0.15) is 0 Å². The predicted molar refractivity (Wildman–Crippen MR) is 97.4 cm³/mol. The summed E-state index contributed by atoms with van der Waals surface area (Å²) in [4.78, 5) is 24.0. The Kier molecular flexibility index (Phi) is 6.14. The van der Waals surface area contributed by atoms with Crippen LogP contribution in [0.3, 0.4) is 0 Å². The summed E-state index contributed by atoms with van der Waals surface area (Å²) in [5.74, 6) is 0.906. The highest BCUT2D eigenvalue weighted by molar-refractivity contribution is 5.92. The molecule has 7 nitrogen and oxygen atoms in total. The number of carbonyl (C=O) groups excluding carboxylic acids is 2. The molecule has 1 N–H and O–H groups in total. The Labute approximate surface area is 157 Å². The van der Waals surface area contributed by atoms with Crippen molar-refractivity contribution in [1.29, 1.82) is 0 Å². The Hall–Kier alpha value is -3.22. The number of fused-ring (bicyclic) bond motifs is 1. The smallest absolute Gasteiger partial charge is 0.338 e. The topological polar surface area (TPSA) is 83.1 Å². The fraction of sp³-hybridized carbons (Fsp3) is 0.300. The third-order valence-corrected chi connectivity index (χ3v) is 4.02. The molecule has 1 aliphatic heterocycles. The number of rotatable bonds is 7. The number of methoxy groups -OCH3 is 1. The number of hydrogen-bond donors (Lipinski definition) is 1. The van der Waals surface area contributed by atoms with Gasteiger partial charge in [0.25, 0.3) is 5.91 Å². The van der Waals surface area contributed by atoms with Crippen LogP contribution in [0.2, 0.25) is 0 Å². The van der Waals surface area contributed by atoms with Crippen LogP contribution in [0.5, 0.6) is 17.2 Å². The highest BCUT2D eigenvalue weighted by Gasteiger charge is 2.16. The number of amides is 1. The Morgan fingerprint density at radius 2 is 1.85 bits per heavy atom. The van der Waals surface area contributed by atoms with Crippen molar-refractivity contribution in [3.63, 3.8) is 0 Å². The Morgan fingerprint density at radius 1 is 1.07 bits per heavy atom. The summed E-state index contributed by atoms with van der Waals surface area (Å²) in [7, 11) is 1.61. The van der Waals surface area contributed by atoms with E-state index in [-0.39, 0.29) is 12.5 Å². The third-order valence-electron chi connectivity index (χ3n) is 4.02. The molecule has 0 radical (unpaired) electrons. The second kappa shape index (κ2) is 8.93. The summed E-state index contributed by atoms with van der Waals surface area (Å²) in [5.41, 5.74) is 1.30. The summed E-state index contributed by atoms with van der Waals surface area (Å²) >= 11 is 0. The predicted octanol–water partition coefficient (Wildman–Crippen LogP) is 1.98. The van der Waals surface area contributed by atoms with Gasteiger partial charge in [0, 0.05) is 6.54 Å². The van der Waals surface area contributed by atoms with Crippen molar-refractivity contribution in [2.45, 2.75) is 6.42 Å². The number of benzene rings is 2. The zero-order valence-corrected chi connectivity index (χ0v) is 15.0. The molecular weight excluding hydrogens is 350 g/mol. The van der Waals surface area contributed by atoms with Crippen LogP contribution >= 0.6 is 0 Å². The average Bonchev–Trinajstić information content (AvgIpc) is 2.72. The second-order valence-electron chi connectivity index (χ2n) is 5.85. The summed E-state index contributed by atoms with van der Waals surface area (Å²) in [6.45, 7) is 0.978. The fourth-order valence-corrected chi connectivity index (χ4v) is 2.68. The first-order chi connectivity index (χ1) is 13.2. The maximum atomic E-state index is 12.1. The van der Waals surface area contributed by atoms with Crippen molar-refractivity contribution < 1.29 is 28.5 Å². The highest BCUT2D eigenvalue weighted by Crippen LogP contribution is 2.30. The number of para-hydroxylation sites is 1. The zero-order valence-electron chi connectivity index (χ0n) is 15.0. The van der Waals surface area contributed by atoms with E-state index in [9.17, 15) is 9.59 Å². The molecule has 0 fully saturated rings. The van der Waals surface area contributed by atoms with Gasteiger partial charge in [-0.15, -0.1) is 0 Å². The van der Waals surface area contributed by atoms with Crippen LogP contribution in [0.15, 0.2) is 42.5 Å². The SMILES string of the molecule is COc1ccccc1CCNC(=O)COC(=O)c1ccc2c(c1)OCCO2. The molecule has 27 heavy (non-hydrogen) atoms. The summed E-state index contributed by atoms with van der Waals surface area (Å²) in [6.07, 6.45) is 0.617. The number of esters is 1. The Morgan fingerprint density at radius 3 is 2.67 bits per heavy atom. The van der Waals surface area contributed by atoms with Crippen molar-refractivity contribution in [3.05, 3.63) is 53.6 Å². The van der Waals surface area contributed by atoms with Gasteiger partial charge in [-0.25, -0.2) is 4.79 Å². The van der Waals surface area contributed by atoms with E-state index in [0.717, 1.165) is 11.3 Å². The molecule has 2 aromatic carbocycles. The Balaban J connectivity index is 1.44. The van der Waals surface area contributed by atoms with Gasteiger partial charge >= 0.3 is 5.97 Å². The van der Waals surface area contributed by atoms with E-state index in [1.807, 2.05) is 24.3 Å². The van der Waals surface area contributed by atoms with Gasteiger partial charge in [-0.1, -0.05) is 18.2 Å². The van der Waals surface area contributed by atoms with Gasteiger partial charge < -0.3 is 24.3 Å². The number of nitrogens with one attached hydrogen (secondary N) is 1. The molecule has 1 aliphatic rings. The molecule has 0 atom stereocenters. The molecule has 7 heteroatoms. The van der Waals surface area contributed by atoms with E-state index in [2.05, 4.69) is 5.32 Å². The molecule has 0 aromatic heterocycles. The minimum atomic E-state index is -0.591. The highest BCUT2D eigenvalue weighted by atomic mass is 16.6. The molecule has 142 valence electrons. The quantitative estimate of drug-likeness (QED) is 0.750. The van der Waals surface area contributed by atoms with Crippen molar-refractivity contribution in [2.75, 3.05) is 33.5 Å². The van der Waals surface area contributed by atoms with Crippen LogP contribution in [0.1, 0.15) is 15.9 Å². The van der Waals surface area contributed by atoms with Gasteiger partial charge in [0.1, 0.15) is 19.0 Å². The van der Waals surface area contributed by atoms with Crippen LogP contribution in [-0.4, -0.2) is 45.4 Å². The van der Waals surface area contributed by atoms with E-state index >= 15 is 0 Å². The van der Waals surface area contributed by atoms with E-state index in [0.29, 0.717) is 43.2 Å². The molecule has 2 aromatic rings. The third kappa shape index (κ3) is 4.91. The van der Waals surface area contributed by atoms with Crippen molar-refractivity contribution >= 4 is 11.9 Å². The lowest BCUT2D eigenvalue weighted by atomic mass is 10.1.